The minimum Gasteiger partial charge on any atom is -0.334 e. The van der Waals surface area contributed by atoms with Gasteiger partial charge in [0.2, 0.25) is 0 Å². The summed E-state index contributed by atoms with van der Waals surface area (Å²) in [5, 5.41) is 0. The van der Waals surface area contributed by atoms with E-state index in [0.29, 0.717) is 6.42 Å². The Morgan fingerprint density at radius 1 is 1.37 bits per heavy atom. The Balaban J connectivity index is 2.89. The Morgan fingerprint density at radius 3 is 2.42 bits per heavy atom. The monoisotopic (exact) mass is 284 g/mol. The van der Waals surface area contributed by atoms with Crippen molar-refractivity contribution in [1.82, 2.24) is 4.90 Å². The van der Waals surface area contributed by atoms with Crippen molar-refractivity contribution < 1.29 is 22.4 Å². The first-order valence-corrected chi connectivity index (χ1v) is 6.53. The van der Waals surface area contributed by atoms with Crippen molar-refractivity contribution in [3.05, 3.63) is 0 Å². The number of carbonyl (C=O) groups is 1. The van der Waals surface area contributed by atoms with Crippen LogP contribution in [0.5, 0.6) is 0 Å². The van der Waals surface area contributed by atoms with Gasteiger partial charge >= 0.3 is 12.3 Å². The van der Waals surface area contributed by atoms with Gasteiger partial charge in [-0.3, -0.25) is 4.79 Å². The average molecular weight is 284 g/mol. The van der Waals surface area contributed by atoms with Gasteiger partial charge in [-0.2, -0.15) is 8.78 Å². The SMILES string of the molecule is CCN(C(=O)C(F)(F)C(F)F)C1CCCCC1CN. The van der Waals surface area contributed by atoms with Gasteiger partial charge in [0.1, 0.15) is 0 Å². The highest BCUT2D eigenvalue weighted by Gasteiger charge is 2.52. The van der Waals surface area contributed by atoms with Crippen LogP contribution in [-0.2, 0) is 4.79 Å². The standard InChI is InChI=1S/C12H20F4N2O/c1-2-18(11(19)12(15,16)10(13)14)9-6-4-3-5-8(9)7-17/h8-10H,2-7,17H2,1H3. The second-order valence-electron chi connectivity index (χ2n) is 4.86. The number of nitrogens with zero attached hydrogens (tertiary/aromatic N) is 1. The third-order valence-electron chi connectivity index (χ3n) is 3.73. The lowest BCUT2D eigenvalue weighted by Gasteiger charge is -2.40. The van der Waals surface area contributed by atoms with E-state index in [0.717, 1.165) is 24.2 Å². The van der Waals surface area contributed by atoms with Crippen LogP contribution in [0.15, 0.2) is 0 Å². The molecule has 0 bridgehead atoms. The summed E-state index contributed by atoms with van der Waals surface area (Å²) in [6, 6.07) is -0.458. The molecule has 2 atom stereocenters. The molecule has 0 aromatic rings. The highest BCUT2D eigenvalue weighted by Crippen LogP contribution is 2.32. The molecule has 0 spiro atoms. The summed E-state index contributed by atoms with van der Waals surface area (Å²) in [4.78, 5) is 12.5. The molecule has 1 amide bonds. The maximum Gasteiger partial charge on any atom is 0.383 e. The van der Waals surface area contributed by atoms with E-state index in [1.165, 1.54) is 6.92 Å². The zero-order valence-electron chi connectivity index (χ0n) is 10.9. The molecule has 0 aromatic heterocycles. The summed E-state index contributed by atoms with van der Waals surface area (Å²) in [5.41, 5.74) is 5.58. The molecule has 2 unspecified atom stereocenters. The summed E-state index contributed by atoms with van der Waals surface area (Å²) in [7, 11) is 0. The first-order valence-electron chi connectivity index (χ1n) is 6.53. The van der Waals surface area contributed by atoms with Gasteiger partial charge in [0.25, 0.3) is 5.91 Å². The fourth-order valence-electron chi connectivity index (χ4n) is 2.69. The molecule has 0 aliphatic heterocycles. The van der Waals surface area contributed by atoms with Gasteiger partial charge in [0.15, 0.2) is 0 Å². The lowest BCUT2D eigenvalue weighted by molar-refractivity contribution is -0.184. The van der Waals surface area contributed by atoms with Gasteiger partial charge in [0.05, 0.1) is 0 Å². The third kappa shape index (κ3) is 3.38. The number of amides is 1. The number of rotatable bonds is 5. The predicted octanol–water partition coefficient (Wildman–Crippen LogP) is 2.25. The molecule has 7 heteroatoms. The first kappa shape index (κ1) is 16.2. The van der Waals surface area contributed by atoms with Crippen molar-refractivity contribution in [1.29, 1.82) is 0 Å². The second kappa shape index (κ2) is 6.54. The molecule has 1 fully saturated rings. The Bertz CT molecular complexity index is 312. The Labute approximate surface area is 110 Å². The van der Waals surface area contributed by atoms with E-state index in [2.05, 4.69) is 0 Å². The molecule has 1 aliphatic carbocycles. The van der Waals surface area contributed by atoms with Crippen LogP contribution in [0.4, 0.5) is 17.6 Å². The highest BCUT2D eigenvalue weighted by molar-refractivity contribution is 5.84. The summed E-state index contributed by atoms with van der Waals surface area (Å²) in [6.07, 6.45) is -0.971. The van der Waals surface area contributed by atoms with Gasteiger partial charge in [0, 0.05) is 12.6 Å². The number of carbonyl (C=O) groups excluding carboxylic acids is 1. The highest BCUT2D eigenvalue weighted by atomic mass is 19.3. The van der Waals surface area contributed by atoms with E-state index in [1.54, 1.807) is 0 Å². The van der Waals surface area contributed by atoms with Crippen molar-refractivity contribution in [2.75, 3.05) is 13.1 Å². The number of alkyl halides is 4. The molecule has 0 heterocycles. The van der Waals surface area contributed by atoms with Gasteiger partial charge in [-0.25, -0.2) is 8.78 Å². The maximum absolute atomic E-state index is 13.2. The van der Waals surface area contributed by atoms with Crippen molar-refractivity contribution in [2.45, 2.75) is 51.0 Å². The Morgan fingerprint density at radius 2 is 1.95 bits per heavy atom. The quantitative estimate of drug-likeness (QED) is 0.787. The van der Waals surface area contributed by atoms with E-state index in [-0.39, 0.29) is 19.0 Å². The third-order valence-corrected chi connectivity index (χ3v) is 3.73. The summed E-state index contributed by atoms with van der Waals surface area (Å²) >= 11 is 0. The average Bonchev–Trinajstić information content (AvgIpc) is 2.39. The topological polar surface area (TPSA) is 46.3 Å². The van der Waals surface area contributed by atoms with Crippen LogP contribution < -0.4 is 5.73 Å². The van der Waals surface area contributed by atoms with Crippen LogP contribution in [-0.4, -0.2) is 42.3 Å². The molecule has 19 heavy (non-hydrogen) atoms. The fraction of sp³-hybridized carbons (Fsp3) is 0.917. The Hall–Kier alpha value is -0.850. The van der Waals surface area contributed by atoms with Gasteiger partial charge in [-0.1, -0.05) is 12.8 Å². The van der Waals surface area contributed by atoms with Crippen molar-refractivity contribution in [3.63, 3.8) is 0 Å². The molecule has 0 saturated heterocycles. The van der Waals surface area contributed by atoms with Gasteiger partial charge in [-0.05, 0) is 32.2 Å². The zero-order valence-corrected chi connectivity index (χ0v) is 10.9. The molecule has 3 nitrogen and oxygen atoms in total. The van der Waals surface area contributed by atoms with E-state index < -0.39 is 24.3 Å². The first-order chi connectivity index (χ1) is 8.86. The van der Waals surface area contributed by atoms with Crippen LogP contribution in [0.1, 0.15) is 32.6 Å². The number of hydrogen-bond acceptors (Lipinski definition) is 2. The molecular weight excluding hydrogens is 264 g/mol. The molecule has 0 radical (unpaired) electrons. The fourth-order valence-corrected chi connectivity index (χ4v) is 2.69. The van der Waals surface area contributed by atoms with E-state index >= 15 is 0 Å². The van der Waals surface area contributed by atoms with Crippen molar-refractivity contribution in [2.24, 2.45) is 11.7 Å². The van der Waals surface area contributed by atoms with Crippen molar-refractivity contribution in [3.8, 4) is 0 Å². The number of nitrogens with two attached hydrogens (primary N) is 1. The molecular formula is C12H20F4N2O. The second-order valence-corrected chi connectivity index (χ2v) is 4.86. The van der Waals surface area contributed by atoms with Gasteiger partial charge in [-0.15, -0.1) is 0 Å². The minimum absolute atomic E-state index is 0.0116. The summed E-state index contributed by atoms with van der Waals surface area (Å²) in [5.74, 6) is -6.49. The van der Waals surface area contributed by atoms with Gasteiger partial charge < -0.3 is 10.6 Å². The molecule has 2 N–H and O–H groups in total. The molecule has 1 saturated carbocycles. The van der Waals surface area contributed by atoms with E-state index in [1.807, 2.05) is 0 Å². The summed E-state index contributed by atoms with van der Waals surface area (Å²) < 4.78 is 50.9. The van der Waals surface area contributed by atoms with Crippen LogP contribution in [0, 0.1) is 5.92 Å². The van der Waals surface area contributed by atoms with Crippen molar-refractivity contribution >= 4 is 5.91 Å². The normalized spacial score (nSPS) is 24.6. The lowest BCUT2D eigenvalue weighted by Crippen LogP contribution is -2.55. The number of hydrogen-bond donors (Lipinski definition) is 1. The van der Waals surface area contributed by atoms with Crippen LogP contribution in [0.3, 0.4) is 0 Å². The smallest absolute Gasteiger partial charge is 0.334 e. The molecule has 0 aromatic carbocycles. The zero-order chi connectivity index (χ0) is 14.6. The van der Waals surface area contributed by atoms with Crippen LogP contribution >= 0.6 is 0 Å². The lowest BCUT2D eigenvalue weighted by atomic mass is 9.83. The van der Waals surface area contributed by atoms with Crippen LogP contribution in [0.2, 0.25) is 0 Å². The predicted molar refractivity (Wildman–Crippen MR) is 63.1 cm³/mol. The van der Waals surface area contributed by atoms with Crippen LogP contribution in [0.25, 0.3) is 0 Å². The maximum atomic E-state index is 13.2. The number of halogens is 4. The molecule has 1 aliphatic rings. The summed E-state index contributed by atoms with van der Waals surface area (Å²) in [6.45, 7) is 1.78. The van der Waals surface area contributed by atoms with E-state index in [9.17, 15) is 22.4 Å². The minimum atomic E-state index is -4.62. The largest absolute Gasteiger partial charge is 0.383 e. The molecule has 1 rings (SSSR count). The molecule has 112 valence electrons. The Kier molecular flexibility index (Phi) is 5.58. The van der Waals surface area contributed by atoms with E-state index in [4.69, 9.17) is 5.73 Å².